The first kappa shape index (κ1) is 8.62. The van der Waals surface area contributed by atoms with Crippen molar-refractivity contribution in [1.29, 1.82) is 0 Å². The molecule has 1 saturated carbocycles. The molecule has 0 aliphatic heterocycles. The predicted molar refractivity (Wildman–Crippen MR) is 61.4 cm³/mol. The Labute approximate surface area is 90.4 Å². The molecule has 0 aromatic carbocycles. The van der Waals surface area contributed by atoms with E-state index in [0.717, 1.165) is 11.3 Å². The Morgan fingerprint density at radius 2 is 2.29 bits per heavy atom. The van der Waals surface area contributed by atoms with Gasteiger partial charge in [0, 0.05) is 15.8 Å². The first-order valence-electron chi connectivity index (χ1n) is 4.83. The zero-order chi connectivity index (χ0) is 9.54. The molecule has 14 heavy (non-hydrogen) atoms. The Morgan fingerprint density at radius 3 is 3.00 bits per heavy atom. The fraction of sp³-hybridized carbons (Fsp3) is 0.364. The van der Waals surface area contributed by atoms with Crippen LogP contribution in [0.4, 0.5) is 0 Å². The van der Waals surface area contributed by atoms with Crippen molar-refractivity contribution >= 4 is 37.9 Å². The minimum absolute atomic E-state index is 0.348. The van der Waals surface area contributed by atoms with E-state index in [1.165, 1.54) is 22.2 Å². The Morgan fingerprint density at radius 1 is 1.43 bits per heavy atom. The van der Waals surface area contributed by atoms with Gasteiger partial charge in [0.1, 0.15) is 0 Å². The molecule has 1 aliphatic rings. The van der Waals surface area contributed by atoms with Gasteiger partial charge < -0.3 is 0 Å². The van der Waals surface area contributed by atoms with Crippen LogP contribution in [0.5, 0.6) is 0 Å². The molecule has 1 nitrogen and oxygen atoms in total. The highest BCUT2D eigenvalue weighted by Crippen LogP contribution is 2.36. The molecule has 0 N–H and O–H groups in total. The number of carbonyl (C=O) groups excluding carboxylic acids is 1. The summed E-state index contributed by atoms with van der Waals surface area (Å²) in [5.41, 5.74) is 0. The quantitative estimate of drug-likeness (QED) is 0.719. The summed E-state index contributed by atoms with van der Waals surface area (Å²) in [6.07, 6.45) is 3.28. The van der Waals surface area contributed by atoms with Gasteiger partial charge in [0.15, 0.2) is 5.78 Å². The first-order valence-corrected chi connectivity index (χ1v) is 6.53. The summed E-state index contributed by atoms with van der Waals surface area (Å²) in [5, 5.41) is 2.08. The second kappa shape index (κ2) is 3.17. The minimum atomic E-state index is 0.348. The fourth-order valence-electron chi connectivity index (χ4n) is 1.59. The van der Waals surface area contributed by atoms with Crippen molar-refractivity contribution in [2.45, 2.75) is 19.3 Å². The molecular formula is C11H10OS2. The van der Waals surface area contributed by atoms with E-state index < -0.39 is 0 Å². The molecule has 0 unspecified atom stereocenters. The van der Waals surface area contributed by atoms with Crippen molar-refractivity contribution in [1.82, 2.24) is 0 Å². The number of hydrogen-bond donors (Lipinski definition) is 0. The summed E-state index contributed by atoms with van der Waals surface area (Å²) >= 11 is 3.36. The number of ketones is 1. The predicted octanol–water partition coefficient (Wildman–Crippen LogP) is 3.95. The van der Waals surface area contributed by atoms with Gasteiger partial charge in [-0.1, -0.05) is 0 Å². The lowest BCUT2D eigenvalue weighted by Crippen LogP contribution is -1.96. The summed E-state index contributed by atoms with van der Waals surface area (Å²) in [6, 6.07) is 4.15. The summed E-state index contributed by atoms with van der Waals surface area (Å²) in [7, 11) is 0. The highest BCUT2D eigenvalue weighted by Gasteiger charge is 2.25. The van der Waals surface area contributed by atoms with Crippen LogP contribution < -0.4 is 0 Å². The molecule has 0 saturated heterocycles. The van der Waals surface area contributed by atoms with Crippen molar-refractivity contribution in [3.05, 3.63) is 22.4 Å². The molecule has 72 valence electrons. The van der Waals surface area contributed by atoms with Crippen LogP contribution in [0, 0.1) is 5.92 Å². The number of carbonyl (C=O) groups is 1. The van der Waals surface area contributed by atoms with Crippen LogP contribution in [0.25, 0.3) is 9.40 Å². The van der Waals surface area contributed by atoms with E-state index in [-0.39, 0.29) is 0 Å². The van der Waals surface area contributed by atoms with Crippen LogP contribution in [-0.4, -0.2) is 5.78 Å². The van der Waals surface area contributed by atoms with E-state index in [1.54, 1.807) is 22.7 Å². The second-order valence-corrected chi connectivity index (χ2v) is 5.86. The molecule has 0 bridgehead atoms. The van der Waals surface area contributed by atoms with Gasteiger partial charge in [-0.25, -0.2) is 0 Å². The van der Waals surface area contributed by atoms with Crippen LogP contribution in [0.2, 0.25) is 0 Å². The molecule has 0 spiro atoms. The minimum Gasteiger partial charge on any atom is -0.293 e. The van der Waals surface area contributed by atoms with E-state index in [1.807, 2.05) is 0 Å². The molecule has 0 radical (unpaired) electrons. The molecule has 0 atom stereocenters. The van der Waals surface area contributed by atoms with Crippen molar-refractivity contribution in [2.75, 3.05) is 0 Å². The number of fused-ring (bicyclic) bond motifs is 1. The SMILES string of the molecule is O=C(CC1CC1)c1cc2sccc2s1. The monoisotopic (exact) mass is 222 g/mol. The van der Waals surface area contributed by atoms with E-state index in [9.17, 15) is 4.79 Å². The third kappa shape index (κ3) is 1.51. The number of rotatable bonds is 3. The van der Waals surface area contributed by atoms with Crippen molar-refractivity contribution in [3.8, 4) is 0 Å². The molecule has 3 rings (SSSR count). The van der Waals surface area contributed by atoms with Gasteiger partial charge in [-0.15, -0.1) is 22.7 Å². The first-order chi connectivity index (χ1) is 6.83. The van der Waals surface area contributed by atoms with E-state index >= 15 is 0 Å². The Balaban J connectivity index is 1.88. The summed E-state index contributed by atoms with van der Waals surface area (Å²) in [6.45, 7) is 0. The molecule has 2 heterocycles. The van der Waals surface area contributed by atoms with Crippen LogP contribution >= 0.6 is 22.7 Å². The molecule has 2 aromatic rings. The van der Waals surface area contributed by atoms with Crippen LogP contribution in [0.1, 0.15) is 28.9 Å². The lowest BCUT2D eigenvalue weighted by atomic mass is 10.2. The number of thiophene rings is 2. The van der Waals surface area contributed by atoms with Gasteiger partial charge >= 0.3 is 0 Å². The number of Topliss-reactive ketones (excluding diaryl/α,β-unsaturated/α-hetero) is 1. The van der Waals surface area contributed by atoms with Crippen LogP contribution in [-0.2, 0) is 0 Å². The van der Waals surface area contributed by atoms with Crippen molar-refractivity contribution in [3.63, 3.8) is 0 Å². The fourth-order valence-corrected chi connectivity index (χ4v) is 3.65. The van der Waals surface area contributed by atoms with Crippen LogP contribution in [0.3, 0.4) is 0 Å². The third-order valence-electron chi connectivity index (χ3n) is 2.59. The smallest absolute Gasteiger partial charge is 0.173 e. The molecular weight excluding hydrogens is 212 g/mol. The van der Waals surface area contributed by atoms with E-state index in [2.05, 4.69) is 17.5 Å². The maximum absolute atomic E-state index is 11.8. The topological polar surface area (TPSA) is 17.1 Å². The average Bonchev–Trinajstić information content (AvgIpc) is 2.73. The third-order valence-corrected chi connectivity index (χ3v) is 4.72. The average molecular weight is 222 g/mol. The van der Waals surface area contributed by atoms with Gasteiger partial charge in [-0.3, -0.25) is 4.79 Å². The van der Waals surface area contributed by atoms with E-state index in [0.29, 0.717) is 11.7 Å². The maximum Gasteiger partial charge on any atom is 0.173 e. The summed E-state index contributed by atoms with van der Waals surface area (Å²) in [5.74, 6) is 1.04. The Kier molecular flexibility index (Phi) is 1.96. The zero-order valence-corrected chi connectivity index (χ0v) is 9.29. The molecule has 2 aromatic heterocycles. The lowest BCUT2D eigenvalue weighted by molar-refractivity contribution is 0.0980. The molecule has 1 aliphatic carbocycles. The summed E-state index contributed by atoms with van der Waals surface area (Å²) in [4.78, 5) is 12.7. The van der Waals surface area contributed by atoms with Crippen molar-refractivity contribution in [2.24, 2.45) is 5.92 Å². The zero-order valence-electron chi connectivity index (χ0n) is 7.66. The highest BCUT2D eigenvalue weighted by molar-refractivity contribution is 7.27. The van der Waals surface area contributed by atoms with Gasteiger partial charge in [0.2, 0.25) is 0 Å². The Hall–Kier alpha value is -0.670. The lowest BCUT2D eigenvalue weighted by Gasteiger charge is -1.92. The second-order valence-electron chi connectivity index (χ2n) is 3.83. The molecule has 3 heteroatoms. The Bertz CT molecular complexity index is 448. The van der Waals surface area contributed by atoms with Crippen molar-refractivity contribution < 1.29 is 4.79 Å². The molecule has 0 amide bonds. The van der Waals surface area contributed by atoms with Crippen LogP contribution in [0.15, 0.2) is 17.5 Å². The standard InChI is InChI=1S/C11H10OS2/c12-8(5-7-1-2-7)10-6-11-9(14-10)3-4-13-11/h3-4,6-7H,1-2,5H2. The largest absolute Gasteiger partial charge is 0.293 e. The number of hydrogen-bond acceptors (Lipinski definition) is 3. The normalized spacial score (nSPS) is 16.3. The van der Waals surface area contributed by atoms with E-state index in [4.69, 9.17) is 0 Å². The van der Waals surface area contributed by atoms with Gasteiger partial charge in [-0.2, -0.15) is 0 Å². The summed E-state index contributed by atoms with van der Waals surface area (Å²) < 4.78 is 2.52. The van der Waals surface area contributed by atoms with Gasteiger partial charge in [0.25, 0.3) is 0 Å². The van der Waals surface area contributed by atoms with Gasteiger partial charge in [-0.05, 0) is 36.3 Å². The maximum atomic E-state index is 11.8. The van der Waals surface area contributed by atoms with Gasteiger partial charge in [0.05, 0.1) is 4.88 Å². The highest BCUT2D eigenvalue weighted by atomic mass is 32.1. The molecule has 1 fully saturated rings.